The summed E-state index contributed by atoms with van der Waals surface area (Å²) >= 11 is 5.80. The number of carbonyl (C=O) groups is 2. The Balaban J connectivity index is 1.95. The predicted molar refractivity (Wildman–Crippen MR) is 92.5 cm³/mol. The first-order valence-electron chi connectivity index (χ1n) is 7.40. The maximum Gasteiger partial charge on any atom is 0.313 e. The van der Waals surface area contributed by atoms with E-state index in [0.29, 0.717) is 10.7 Å². The van der Waals surface area contributed by atoms with E-state index in [9.17, 15) is 9.59 Å². The van der Waals surface area contributed by atoms with Crippen molar-refractivity contribution in [1.29, 1.82) is 0 Å². The fraction of sp³-hybridized carbons (Fsp3) is 0.222. The van der Waals surface area contributed by atoms with Crippen LogP contribution in [0.15, 0.2) is 48.5 Å². The van der Waals surface area contributed by atoms with E-state index in [2.05, 4.69) is 10.6 Å². The highest BCUT2D eigenvalue weighted by atomic mass is 35.5. The lowest BCUT2D eigenvalue weighted by molar-refractivity contribution is -0.136. The lowest BCUT2D eigenvalue weighted by Gasteiger charge is -2.13. The van der Waals surface area contributed by atoms with Crippen molar-refractivity contribution in [2.45, 2.75) is 26.3 Å². The first-order chi connectivity index (χ1) is 11.0. The number of hydrogen-bond donors (Lipinski definition) is 2. The van der Waals surface area contributed by atoms with E-state index in [1.54, 1.807) is 30.3 Å². The van der Waals surface area contributed by atoms with Gasteiger partial charge in [0.1, 0.15) is 0 Å². The van der Waals surface area contributed by atoms with Crippen molar-refractivity contribution in [1.82, 2.24) is 5.32 Å². The van der Waals surface area contributed by atoms with Crippen LogP contribution < -0.4 is 10.6 Å². The Morgan fingerprint density at radius 2 is 1.65 bits per heavy atom. The van der Waals surface area contributed by atoms with Crippen LogP contribution in [0.2, 0.25) is 5.02 Å². The Bertz CT molecular complexity index is 696. The van der Waals surface area contributed by atoms with Gasteiger partial charge in [-0.15, -0.1) is 0 Å². The highest BCUT2D eigenvalue weighted by molar-refractivity contribution is 6.39. The van der Waals surface area contributed by atoms with Gasteiger partial charge in [0, 0.05) is 17.3 Å². The van der Waals surface area contributed by atoms with E-state index >= 15 is 0 Å². The van der Waals surface area contributed by atoms with Crippen LogP contribution in [0.5, 0.6) is 0 Å². The number of benzene rings is 2. The van der Waals surface area contributed by atoms with Crippen LogP contribution in [0.4, 0.5) is 5.69 Å². The molecular weight excluding hydrogens is 312 g/mol. The summed E-state index contributed by atoms with van der Waals surface area (Å²) in [5.74, 6) is -1.09. The van der Waals surface area contributed by atoms with E-state index in [1.165, 1.54) is 0 Å². The second-order valence-corrected chi connectivity index (χ2v) is 5.94. The summed E-state index contributed by atoms with van der Waals surface area (Å²) in [4.78, 5) is 23.9. The molecule has 0 spiro atoms. The van der Waals surface area contributed by atoms with Gasteiger partial charge in [0.25, 0.3) is 0 Å². The number of carbonyl (C=O) groups excluding carboxylic acids is 2. The van der Waals surface area contributed by atoms with Crippen molar-refractivity contribution in [3.63, 3.8) is 0 Å². The smallest absolute Gasteiger partial charge is 0.313 e. The highest BCUT2D eigenvalue weighted by Crippen LogP contribution is 2.23. The Hall–Kier alpha value is -2.33. The molecule has 2 amide bonds. The number of nitrogens with one attached hydrogen (secondary N) is 2. The summed E-state index contributed by atoms with van der Waals surface area (Å²) in [6, 6.07) is 14.5. The monoisotopic (exact) mass is 330 g/mol. The Kier molecular flexibility index (Phi) is 5.77. The van der Waals surface area contributed by atoms with E-state index in [0.717, 1.165) is 11.1 Å². The van der Waals surface area contributed by atoms with Gasteiger partial charge in [0.2, 0.25) is 0 Å². The molecule has 120 valence electrons. The number of hydrogen-bond acceptors (Lipinski definition) is 2. The molecule has 2 rings (SSSR count). The molecule has 0 aliphatic heterocycles. The molecule has 0 bridgehead atoms. The summed E-state index contributed by atoms with van der Waals surface area (Å²) in [5.41, 5.74) is 2.53. The van der Waals surface area contributed by atoms with Crippen LogP contribution >= 0.6 is 11.6 Å². The van der Waals surface area contributed by atoms with E-state index in [-0.39, 0.29) is 12.5 Å². The number of anilines is 1. The molecule has 0 fully saturated rings. The fourth-order valence-electron chi connectivity index (χ4n) is 2.16. The number of halogens is 1. The Labute approximate surface area is 140 Å². The minimum absolute atomic E-state index is 0.253. The second kappa shape index (κ2) is 7.79. The standard InChI is InChI=1S/C18H19ClN2O2/c1-12(2)15-5-3-4-6-16(15)21-18(23)17(22)20-11-13-7-9-14(19)10-8-13/h3-10,12H,11H2,1-2H3,(H,20,22)(H,21,23). The van der Waals surface area contributed by atoms with Gasteiger partial charge in [0.05, 0.1) is 0 Å². The molecule has 2 aromatic rings. The van der Waals surface area contributed by atoms with Gasteiger partial charge in [-0.3, -0.25) is 9.59 Å². The first kappa shape index (κ1) is 17.0. The van der Waals surface area contributed by atoms with Crippen molar-refractivity contribution in [3.05, 3.63) is 64.7 Å². The zero-order chi connectivity index (χ0) is 16.8. The van der Waals surface area contributed by atoms with Gasteiger partial charge >= 0.3 is 11.8 Å². The third kappa shape index (κ3) is 4.83. The number of amides is 2. The molecule has 0 aliphatic rings. The molecule has 2 N–H and O–H groups in total. The van der Waals surface area contributed by atoms with Crippen LogP contribution in [0.25, 0.3) is 0 Å². The molecule has 23 heavy (non-hydrogen) atoms. The predicted octanol–water partition coefficient (Wildman–Crippen LogP) is 3.72. The summed E-state index contributed by atoms with van der Waals surface area (Å²) < 4.78 is 0. The van der Waals surface area contributed by atoms with Crippen LogP contribution in [-0.4, -0.2) is 11.8 Å². The molecule has 0 aromatic heterocycles. The molecule has 0 atom stereocenters. The first-order valence-corrected chi connectivity index (χ1v) is 7.77. The molecule has 5 heteroatoms. The Morgan fingerprint density at radius 3 is 2.30 bits per heavy atom. The maximum atomic E-state index is 12.0. The molecule has 0 saturated heterocycles. The quantitative estimate of drug-likeness (QED) is 0.839. The Morgan fingerprint density at radius 1 is 1.00 bits per heavy atom. The summed E-state index contributed by atoms with van der Waals surface area (Å²) in [6.07, 6.45) is 0. The van der Waals surface area contributed by atoms with Gasteiger partial charge in [-0.05, 0) is 35.2 Å². The van der Waals surface area contributed by atoms with Crippen molar-refractivity contribution in [2.75, 3.05) is 5.32 Å². The maximum absolute atomic E-state index is 12.0. The van der Waals surface area contributed by atoms with E-state index in [4.69, 9.17) is 11.6 Å². The number of rotatable bonds is 4. The highest BCUT2D eigenvalue weighted by Gasteiger charge is 2.15. The van der Waals surface area contributed by atoms with Gasteiger partial charge < -0.3 is 10.6 Å². The zero-order valence-corrected chi connectivity index (χ0v) is 13.9. The lowest BCUT2D eigenvalue weighted by Crippen LogP contribution is -2.35. The molecule has 0 unspecified atom stereocenters. The molecule has 0 aliphatic carbocycles. The normalized spacial score (nSPS) is 10.4. The molecule has 0 saturated carbocycles. The molecule has 2 aromatic carbocycles. The SMILES string of the molecule is CC(C)c1ccccc1NC(=O)C(=O)NCc1ccc(Cl)cc1. The molecule has 4 nitrogen and oxygen atoms in total. The zero-order valence-electron chi connectivity index (χ0n) is 13.1. The van der Waals surface area contributed by atoms with E-state index < -0.39 is 11.8 Å². The average Bonchev–Trinajstić information content (AvgIpc) is 2.54. The second-order valence-electron chi connectivity index (χ2n) is 5.51. The minimum Gasteiger partial charge on any atom is -0.344 e. The number of para-hydroxylation sites is 1. The van der Waals surface area contributed by atoms with Crippen molar-refractivity contribution in [3.8, 4) is 0 Å². The third-order valence-electron chi connectivity index (χ3n) is 3.40. The van der Waals surface area contributed by atoms with Gasteiger partial charge in [-0.2, -0.15) is 0 Å². The summed E-state index contributed by atoms with van der Waals surface area (Å²) in [6.45, 7) is 4.34. The average molecular weight is 331 g/mol. The van der Waals surface area contributed by atoms with Crippen LogP contribution in [-0.2, 0) is 16.1 Å². The van der Waals surface area contributed by atoms with E-state index in [1.807, 2.05) is 32.0 Å². The van der Waals surface area contributed by atoms with Gasteiger partial charge in [0.15, 0.2) is 0 Å². The van der Waals surface area contributed by atoms with Crippen molar-refractivity contribution < 1.29 is 9.59 Å². The third-order valence-corrected chi connectivity index (χ3v) is 3.66. The van der Waals surface area contributed by atoms with Crippen molar-refractivity contribution >= 4 is 29.1 Å². The van der Waals surface area contributed by atoms with Crippen LogP contribution in [0.3, 0.4) is 0 Å². The summed E-state index contributed by atoms with van der Waals surface area (Å²) in [5, 5.41) is 5.89. The van der Waals surface area contributed by atoms with Crippen LogP contribution in [0.1, 0.15) is 30.9 Å². The molecular formula is C18H19ClN2O2. The van der Waals surface area contributed by atoms with Crippen molar-refractivity contribution in [2.24, 2.45) is 0 Å². The topological polar surface area (TPSA) is 58.2 Å². The lowest BCUT2D eigenvalue weighted by atomic mass is 10.0. The minimum atomic E-state index is -0.674. The molecule has 0 radical (unpaired) electrons. The molecule has 0 heterocycles. The van der Waals surface area contributed by atoms with Crippen LogP contribution in [0, 0.1) is 0 Å². The largest absolute Gasteiger partial charge is 0.344 e. The summed E-state index contributed by atoms with van der Waals surface area (Å²) in [7, 11) is 0. The van der Waals surface area contributed by atoms with Gasteiger partial charge in [-0.25, -0.2) is 0 Å². The fourth-order valence-corrected chi connectivity index (χ4v) is 2.28. The van der Waals surface area contributed by atoms with Gasteiger partial charge in [-0.1, -0.05) is 55.8 Å².